The van der Waals surface area contributed by atoms with Crippen LogP contribution in [0.4, 0.5) is 0 Å². The Bertz CT molecular complexity index is 323. The monoisotopic (exact) mass is 224 g/mol. The van der Waals surface area contributed by atoms with Gasteiger partial charge in [0.05, 0.1) is 5.60 Å². The average molecular weight is 224 g/mol. The fraction of sp³-hybridized carbons (Fsp3) is 0.538. The average Bonchev–Trinajstić information content (AvgIpc) is 2.16. The van der Waals surface area contributed by atoms with Crippen molar-refractivity contribution in [1.82, 2.24) is 0 Å². The van der Waals surface area contributed by atoms with Crippen LogP contribution in [0.15, 0.2) is 29.2 Å². The van der Waals surface area contributed by atoms with Gasteiger partial charge in [-0.15, -0.1) is 12.6 Å². The predicted molar refractivity (Wildman–Crippen MR) is 67.3 cm³/mol. The van der Waals surface area contributed by atoms with E-state index in [1.807, 2.05) is 52.0 Å². The molecule has 0 atom stereocenters. The lowest BCUT2D eigenvalue weighted by molar-refractivity contribution is -0.0553. The zero-order valence-corrected chi connectivity index (χ0v) is 10.8. The van der Waals surface area contributed by atoms with E-state index in [0.29, 0.717) is 0 Å². The van der Waals surface area contributed by atoms with E-state index in [1.165, 1.54) is 0 Å². The van der Waals surface area contributed by atoms with Crippen LogP contribution in [-0.2, 0) is 5.60 Å². The lowest BCUT2D eigenvalue weighted by Crippen LogP contribution is -2.38. The smallest absolute Gasteiger partial charge is 0.0952 e. The van der Waals surface area contributed by atoms with E-state index in [0.717, 1.165) is 10.5 Å². The first kappa shape index (κ1) is 12.6. The van der Waals surface area contributed by atoms with Crippen LogP contribution in [0, 0.1) is 11.8 Å². The minimum absolute atomic E-state index is 0.172. The van der Waals surface area contributed by atoms with Gasteiger partial charge in [0.15, 0.2) is 0 Å². The number of aliphatic hydroxyl groups is 1. The van der Waals surface area contributed by atoms with Gasteiger partial charge in [-0.1, -0.05) is 45.9 Å². The molecule has 1 nitrogen and oxygen atoms in total. The first-order valence-corrected chi connectivity index (χ1v) is 5.86. The summed E-state index contributed by atoms with van der Waals surface area (Å²) in [5, 5.41) is 10.8. The van der Waals surface area contributed by atoms with E-state index in [4.69, 9.17) is 0 Å². The summed E-state index contributed by atoms with van der Waals surface area (Å²) >= 11 is 4.42. The molecule has 0 bridgehead atoms. The molecule has 0 fully saturated rings. The maximum absolute atomic E-state index is 10.8. The van der Waals surface area contributed by atoms with Gasteiger partial charge < -0.3 is 5.11 Å². The second-order valence-corrected chi connectivity index (χ2v) is 5.13. The van der Waals surface area contributed by atoms with Crippen molar-refractivity contribution < 1.29 is 5.11 Å². The van der Waals surface area contributed by atoms with E-state index in [1.54, 1.807) is 0 Å². The molecule has 0 amide bonds. The fourth-order valence-corrected chi connectivity index (χ4v) is 2.44. The Morgan fingerprint density at radius 3 is 1.93 bits per heavy atom. The summed E-state index contributed by atoms with van der Waals surface area (Å²) < 4.78 is 0. The molecule has 1 aromatic rings. The van der Waals surface area contributed by atoms with E-state index in [9.17, 15) is 5.11 Å². The molecule has 0 saturated carbocycles. The number of thiol groups is 1. The van der Waals surface area contributed by atoms with Gasteiger partial charge in [-0.3, -0.25) is 0 Å². The van der Waals surface area contributed by atoms with Crippen molar-refractivity contribution in [2.24, 2.45) is 11.8 Å². The largest absolute Gasteiger partial charge is 0.385 e. The fourth-order valence-electron chi connectivity index (χ4n) is 2.10. The van der Waals surface area contributed by atoms with Crippen LogP contribution in [0.25, 0.3) is 0 Å². The molecule has 0 saturated heterocycles. The molecular weight excluding hydrogens is 204 g/mol. The summed E-state index contributed by atoms with van der Waals surface area (Å²) in [6, 6.07) is 7.77. The van der Waals surface area contributed by atoms with Crippen molar-refractivity contribution in [3.05, 3.63) is 29.8 Å². The zero-order valence-electron chi connectivity index (χ0n) is 9.86. The lowest BCUT2D eigenvalue weighted by Gasteiger charge is -2.37. The van der Waals surface area contributed by atoms with Crippen LogP contribution < -0.4 is 0 Å². The van der Waals surface area contributed by atoms with Gasteiger partial charge in [0.1, 0.15) is 0 Å². The van der Waals surface area contributed by atoms with Gasteiger partial charge in [0, 0.05) is 4.90 Å². The Morgan fingerprint density at radius 2 is 1.53 bits per heavy atom. The van der Waals surface area contributed by atoms with Gasteiger partial charge >= 0.3 is 0 Å². The molecule has 15 heavy (non-hydrogen) atoms. The summed E-state index contributed by atoms with van der Waals surface area (Å²) in [7, 11) is 0. The standard InChI is InChI=1S/C13H20OS/c1-9(2)13(14,10(3)4)11-7-5-6-8-12(11)15/h5-10,14-15H,1-4H3. The lowest BCUT2D eigenvalue weighted by atomic mass is 9.75. The first-order valence-electron chi connectivity index (χ1n) is 5.41. The van der Waals surface area contributed by atoms with Gasteiger partial charge in [-0.25, -0.2) is 0 Å². The molecule has 0 aromatic heterocycles. The zero-order chi connectivity index (χ0) is 11.6. The highest BCUT2D eigenvalue weighted by Gasteiger charge is 2.37. The van der Waals surface area contributed by atoms with Crippen molar-refractivity contribution in [2.45, 2.75) is 38.2 Å². The van der Waals surface area contributed by atoms with Crippen LogP contribution in [-0.4, -0.2) is 5.11 Å². The van der Waals surface area contributed by atoms with E-state index in [2.05, 4.69) is 12.6 Å². The predicted octanol–water partition coefficient (Wildman–Crippen LogP) is 3.47. The third kappa shape index (κ3) is 2.21. The summed E-state index contributed by atoms with van der Waals surface area (Å²) in [6.07, 6.45) is 0. The van der Waals surface area contributed by atoms with Gasteiger partial charge in [-0.2, -0.15) is 0 Å². The number of rotatable bonds is 3. The molecule has 84 valence electrons. The number of hydrogen-bond acceptors (Lipinski definition) is 2. The Hall–Kier alpha value is -0.470. The molecule has 0 heterocycles. The molecule has 1 aromatic carbocycles. The highest BCUT2D eigenvalue weighted by molar-refractivity contribution is 7.80. The van der Waals surface area contributed by atoms with E-state index in [-0.39, 0.29) is 11.8 Å². The van der Waals surface area contributed by atoms with Crippen molar-refractivity contribution in [2.75, 3.05) is 0 Å². The molecular formula is C13H20OS. The van der Waals surface area contributed by atoms with Crippen LogP contribution in [0.5, 0.6) is 0 Å². The second kappa shape index (κ2) is 4.58. The molecule has 1 rings (SSSR count). The Balaban J connectivity index is 3.28. The van der Waals surface area contributed by atoms with Crippen molar-refractivity contribution >= 4 is 12.6 Å². The summed E-state index contributed by atoms with van der Waals surface area (Å²) in [5.41, 5.74) is 0.136. The molecule has 0 aliphatic rings. The highest BCUT2D eigenvalue weighted by Crippen LogP contribution is 2.39. The summed E-state index contributed by atoms with van der Waals surface area (Å²) in [5.74, 6) is 0.344. The topological polar surface area (TPSA) is 20.2 Å². The maximum atomic E-state index is 10.8. The van der Waals surface area contributed by atoms with Crippen molar-refractivity contribution in [3.63, 3.8) is 0 Å². The molecule has 1 N–H and O–H groups in total. The quantitative estimate of drug-likeness (QED) is 0.753. The molecule has 0 unspecified atom stereocenters. The minimum atomic E-state index is -0.793. The Labute approximate surface area is 97.9 Å². The molecule has 0 aliphatic heterocycles. The van der Waals surface area contributed by atoms with E-state index < -0.39 is 5.60 Å². The molecule has 0 spiro atoms. The van der Waals surface area contributed by atoms with Crippen molar-refractivity contribution in [3.8, 4) is 0 Å². The van der Waals surface area contributed by atoms with Crippen LogP contribution >= 0.6 is 12.6 Å². The molecule has 2 heteroatoms. The maximum Gasteiger partial charge on any atom is 0.0952 e. The van der Waals surface area contributed by atoms with Gasteiger partial charge in [-0.05, 0) is 23.5 Å². The molecule has 0 aliphatic carbocycles. The summed E-state index contributed by atoms with van der Waals surface area (Å²) in [4.78, 5) is 0.863. The molecule has 0 radical (unpaired) electrons. The summed E-state index contributed by atoms with van der Waals surface area (Å²) in [6.45, 7) is 8.17. The Morgan fingerprint density at radius 1 is 1.07 bits per heavy atom. The Kier molecular flexibility index (Phi) is 3.85. The van der Waals surface area contributed by atoms with Crippen LogP contribution in [0.2, 0.25) is 0 Å². The van der Waals surface area contributed by atoms with Crippen molar-refractivity contribution in [1.29, 1.82) is 0 Å². The SMILES string of the molecule is CC(C)C(O)(c1ccccc1S)C(C)C. The third-order valence-electron chi connectivity index (χ3n) is 3.10. The van der Waals surface area contributed by atoms with Crippen LogP contribution in [0.3, 0.4) is 0 Å². The normalized spacial score (nSPS) is 12.5. The van der Waals surface area contributed by atoms with Crippen LogP contribution in [0.1, 0.15) is 33.3 Å². The highest BCUT2D eigenvalue weighted by atomic mass is 32.1. The minimum Gasteiger partial charge on any atom is -0.385 e. The van der Waals surface area contributed by atoms with Gasteiger partial charge in [0.2, 0.25) is 0 Å². The second-order valence-electron chi connectivity index (χ2n) is 4.65. The van der Waals surface area contributed by atoms with Gasteiger partial charge in [0.25, 0.3) is 0 Å². The number of benzene rings is 1. The third-order valence-corrected chi connectivity index (χ3v) is 3.49. The van der Waals surface area contributed by atoms with E-state index >= 15 is 0 Å². The first-order chi connectivity index (χ1) is 6.90. The number of hydrogen-bond donors (Lipinski definition) is 2.